The Morgan fingerprint density at radius 1 is 1.16 bits per heavy atom. The Hall–Kier alpha value is -1.79. The number of rotatable bonds is 1. The van der Waals surface area contributed by atoms with Crippen molar-refractivity contribution < 1.29 is 14.4 Å². The van der Waals surface area contributed by atoms with Gasteiger partial charge in [-0.15, -0.1) is 0 Å². The number of hydrogen-bond acceptors (Lipinski definition) is 3. The van der Waals surface area contributed by atoms with E-state index in [1.807, 2.05) is 4.90 Å². The molecule has 2 atom stereocenters. The average molecular weight is 266 g/mol. The van der Waals surface area contributed by atoms with Gasteiger partial charge >= 0.3 is 6.03 Å². The number of piperidine rings is 1. The lowest BCUT2D eigenvalue weighted by atomic mass is 9.97. The molecule has 0 radical (unpaired) electrons. The molecule has 0 aromatic rings. The predicted octanol–water partition coefficient (Wildman–Crippen LogP) is -1.25. The third kappa shape index (κ3) is 2.24. The summed E-state index contributed by atoms with van der Waals surface area (Å²) < 4.78 is 0. The van der Waals surface area contributed by atoms with Gasteiger partial charge < -0.3 is 20.4 Å². The topological polar surface area (TPSA) is 81.8 Å². The van der Waals surface area contributed by atoms with Gasteiger partial charge in [0, 0.05) is 39.1 Å². The predicted molar refractivity (Wildman–Crippen MR) is 66.2 cm³/mol. The van der Waals surface area contributed by atoms with E-state index in [-0.39, 0.29) is 29.8 Å². The van der Waals surface area contributed by atoms with Crippen LogP contribution in [-0.2, 0) is 9.59 Å². The van der Waals surface area contributed by atoms with Gasteiger partial charge in [-0.3, -0.25) is 9.59 Å². The molecule has 104 valence electrons. The molecule has 3 aliphatic rings. The van der Waals surface area contributed by atoms with Crippen LogP contribution in [0.5, 0.6) is 0 Å². The van der Waals surface area contributed by atoms with E-state index >= 15 is 0 Å². The number of carbonyl (C=O) groups excluding carboxylic acids is 3. The Morgan fingerprint density at radius 3 is 2.74 bits per heavy atom. The van der Waals surface area contributed by atoms with E-state index < -0.39 is 0 Å². The first-order valence-corrected chi connectivity index (χ1v) is 6.75. The van der Waals surface area contributed by atoms with Crippen LogP contribution in [-0.4, -0.2) is 66.4 Å². The summed E-state index contributed by atoms with van der Waals surface area (Å²) >= 11 is 0. The fourth-order valence-electron chi connectivity index (χ4n) is 3.01. The summed E-state index contributed by atoms with van der Waals surface area (Å²) in [5.74, 6) is 0.0350. The van der Waals surface area contributed by atoms with E-state index in [4.69, 9.17) is 0 Å². The third-order valence-electron chi connectivity index (χ3n) is 4.16. The van der Waals surface area contributed by atoms with Gasteiger partial charge in [-0.05, 0) is 6.42 Å². The second kappa shape index (κ2) is 4.71. The maximum absolute atomic E-state index is 12.4. The number of amides is 4. The average Bonchev–Trinajstić information content (AvgIpc) is 2.80. The van der Waals surface area contributed by atoms with Crippen molar-refractivity contribution in [3.8, 4) is 0 Å². The second-order valence-corrected chi connectivity index (χ2v) is 5.36. The molecule has 7 heteroatoms. The molecule has 2 unspecified atom stereocenters. The molecule has 19 heavy (non-hydrogen) atoms. The largest absolute Gasteiger partial charge is 0.355 e. The first kappa shape index (κ1) is 12.3. The molecule has 3 aliphatic heterocycles. The lowest BCUT2D eigenvalue weighted by Crippen LogP contribution is -2.56. The molecule has 0 bridgehead atoms. The Balaban J connectivity index is 1.59. The fraction of sp³-hybridized carbons (Fsp3) is 0.750. The van der Waals surface area contributed by atoms with E-state index in [1.165, 1.54) is 0 Å². The number of piperazine rings is 1. The standard InChI is InChI=1S/C12H18N4O3/c17-10-2-1-8(5-13-10)11(18)15-3-4-16-9(7-15)6-14-12(16)19/h8-9H,1-7H2,(H,13,17)(H,14,19). The number of hydrogen-bond donors (Lipinski definition) is 2. The first-order valence-electron chi connectivity index (χ1n) is 6.75. The van der Waals surface area contributed by atoms with Crippen LogP contribution in [0.3, 0.4) is 0 Å². The zero-order chi connectivity index (χ0) is 13.4. The zero-order valence-corrected chi connectivity index (χ0v) is 10.7. The van der Waals surface area contributed by atoms with Crippen LogP contribution >= 0.6 is 0 Å². The van der Waals surface area contributed by atoms with Crippen LogP contribution in [0.4, 0.5) is 4.79 Å². The molecule has 2 N–H and O–H groups in total. The molecule has 0 aromatic heterocycles. The van der Waals surface area contributed by atoms with Crippen molar-refractivity contribution in [2.75, 3.05) is 32.7 Å². The molecule has 3 saturated heterocycles. The Bertz CT molecular complexity index is 415. The minimum atomic E-state index is -0.102. The molecule has 3 rings (SSSR count). The third-order valence-corrected chi connectivity index (χ3v) is 4.16. The summed E-state index contributed by atoms with van der Waals surface area (Å²) in [5.41, 5.74) is 0. The van der Waals surface area contributed by atoms with Crippen LogP contribution in [0.25, 0.3) is 0 Å². The Labute approximate surface area is 111 Å². The highest BCUT2D eigenvalue weighted by Crippen LogP contribution is 2.19. The molecule has 0 spiro atoms. The van der Waals surface area contributed by atoms with Gasteiger partial charge in [-0.2, -0.15) is 0 Å². The molecular weight excluding hydrogens is 248 g/mol. The van der Waals surface area contributed by atoms with Crippen LogP contribution in [0.2, 0.25) is 0 Å². The van der Waals surface area contributed by atoms with Crippen LogP contribution in [0, 0.1) is 5.92 Å². The smallest absolute Gasteiger partial charge is 0.317 e. The van der Waals surface area contributed by atoms with Gasteiger partial charge in [0.05, 0.1) is 12.0 Å². The summed E-state index contributed by atoms with van der Waals surface area (Å²) in [6.07, 6.45) is 1.06. The number of carbonyl (C=O) groups is 3. The van der Waals surface area contributed by atoms with Crippen LogP contribution in [0.15, 0.2) is 0 Å². The van der Waals surface area contributed by atoms with E-state index in [0.717, 1.165) is 0 Å². The SMILES string of the molecule is O=C1CCC(C(=O)N2CCN3C(=O)NCC3C2)CN1. The van der Waals surface area contributed by atoms with Crippen molar-refractivity contribution in [1.82, 2.24) is 20.4 Å². The lowest BCUT2D eigenvalue weighted by molar-refractivity contribution is -0.139. The van der Waals surface area contributed by atoms with E-state index in [0.29, 0.717) is 45.6 Å². The maximum atomic E-state index is 12.4. The number of urea groups is 1. The van der Waals surface area contributed by atoms with Gasteiger partial charge in [-0.25, -0.2) is 4.79 Å². The van der Waals surface area contributed by atoms with E-state index in [9.17, 15) is 14.4 Å². The molecule has 7 nitrogen and oxygen atoms in total. The van der Waals surface area contributed by atoms with Gasteiger partial charge in [0.15, 0.2) is 0 Å². The normalized spacial score (nSPS) is 30.7. The number of fused-ring (bicyclic) bond motifs is 1. The quantitative estimate of drug-likeness (QED) is 0.622. The minimum absolute atomic E-state index is 0.0259. The molecule has 4 amide bonds. The fourth-order valence-corrected chi connectivity index (χ4v) is 3.01. The zero-order valence-electron chi connectivity index (χ0n) is 10.7. The monoisotopic (exact) mass is 266 g/mol. The number of nitrogens with one attached hydrogen (secondary N) is 2. The van der Waals surface area contributed by atoms with Gasteiger partial charge in [0.2, 0.25) is 11.8 Å². The second-order valence-electron chi connectivity index (χ2n) is 5.36. The maximum Gasteiger partial charge on any atom is 0.317 e. The molecular formula is C12H18N4O3. The highest BCUT2D eigenvalue weighted by atomic mass is 16.2. The van der Waals surface area contributed by atoms with Crippen molar-refractivity contribution >= 4 is 17.8 Å². The highest BCUT2D eigenvalue weighted by Gasteiger charge is 2.38. The van der Waals surface area contributed by atoms with Crippen molar-refractivity contribution in [2.24, 2.45) is 5.92 Å². The summed E-state index contributed by atoms with van der Waals surface area (Å²) in [5, 5.41) is 5.54. The van der Waals surface area contributed by atoms with Gasteiger partial charge in [-0.1, -0.05) is 0 Å². The molecule has 3 fully saturated rings. The molecule has 0 aliphatic carbocycles. The summed E-state index contributed by atoms with van der Waals surface area (Å²) in [6.45, 7) is 2.85. The van der Waals surface area contributed by atoms with Gasteiger partial charge in [0.25, 0.3) is 0 Å². The van der Waals surface area contributed by atoms with Crippen LogP contribution in [0.1, 0.15) is 12.8 Å². The summed E-state index contributed by atoms with van der Waals surface area (Å²) in [7, 11) is 0. The first-order chi connectivity index (χ1) is 9.15. The number of nitrogens with zero attached hydrogens (tertiary/aromatic N) is 2. The van der Waals surface area contributed by atoms with Gasteiger partial charge in [0.1, 0.15) is 0 Å². The minimum Gasteiger partial charge on any atom is -0.355 e. The summed E-state index contributed by atoms with van der Waals surface area (Å²) in [6, 6.07) is 0.0745. The van der Waals surface area contributed by atoms with Crippen molar-refractivity contribution in [3.05, 3.63) is 0 Å². The molecule has 0 aromatic carbocycles. The molecule has 3 heterocycles. The Morgan fingerprint density at radius 2 is 2.00 bits per heavy atom. The van der Waals surface area contributed by atoms with Crippen molar-refractivity contribution in [2.45, 2.75) is 18.9 Å². The lowest BCUT2D eigenvalue weighted by Gasteiger charge is -2.38. The van der Waals surface area contributed by atoms with Crippen LogP contribution < -0.4 is 10.6 Å². The molecule has 0 saturated carbocycles. The van der Waals surface area contributed by atoms with E-state index in [1.54, 1.807) is 4.90 Å². The van der Waals surface area contributed by atoms with Crippen molar-refractivity contribution in [3.63, 3.8) is 0 Å². The van der Waals surface area contributed by atoms with E-state index in [2.05, 4.69) is 10.6 Å². The summed E-state index contributed by atoms with van der Waals surface area (Å²) in [4.78, 5) is 38.6. The highest BCUT2D eigenvalue weighted by molar-refractivity contribution is 5.84. The Kier molecular flexibility index (Phi) is 3.04. The van der Waals surface area contributed by atoms with Crippen molar-refractivity contribution in [1.29, 1.82) is 0 Å².